The van der Waals surface area contributed by atoms with Crippen LogP contribution in [0.5, 0.6) is 0 Å². The van der Waals surface area contributed by atoms with Crippen molar-refractivity contribution in [1.82, 2.24) is 5.32 Å². The lowest BCUT2D eigenvalue weighted by Gasteiger charge is -2.18. The lowest BCUT2D eigenvalue weighted by atomic mass is 10.0. The highest BCUT2D eigenvalue weighted by Gasteiger charge is 2.21. The van der Waals surface area contributed by atoms with Crippen molar-refractivity contribution >= 4 is 21.7 Å². The molecule has 0 bridgehead atoms. The Hall–Kier alpha value is -1.15. The molecule has 118 valence electrons. The summed E-state index contributed by atoms with van der Waals surface area (Å²) in [6.45, 7) is 4.05. The van der Waals surface area contributed by atoms with Crippen LogP contribution in [0.15, 0.2) is 0 Å². The van der Waals surface area contributed by atoms with Crippen LogP contribution in [0.25, 0.3) is 0 Å². The summed E-state index contributed by atoms with van der Waals surface area (Å²) in [4.78, 5) is 22.1. The minimum absolute atomic E-state index is 0.133. The number of hydrogen-bond donors (Lipinski definition) is 2. The molecule has 7 nitrogen and oxygen atoms in total. The maximum absolute atomic E-state index is 11.6. The maximum atomic E-state index is 11.6. The van der Waals surface area contributed by atoms with E-state index in [-0.39, 0.29) is 30.4 Å². The molecule has 3 N–H and O–H groups in total. The average molecular weight is 308 g/mol. The molecular formula is C12H24N2O5S. The number of rotatable bonds is 10. The van der Waals surface area contributed by atoms with Crippen molar-refractivity contribution < 1.29 is 22.7 Å². The van der Waals surface area contributed by atoms with Gasteiger partial charge in [0.15, 0.2) is 9.84 Å². The molecule has 0 saturated carbocycles. The predicted octanol–water partition coefficient (Wildman–Crippen LogP) is -0.546. The normalized spacial score (nSPS) is 13.2. The van der Waals surface area contributed by atoms with Crippen molar-refractivity contribution in [2.24, 2.45) is 11.7 Å². The summed E-state index contributed by atoms with van der Waals surface area (Å²) >= 11 is 0. The van der Waals surface area contributed by atoms with E-state index in [1.54, 1.807) is 0 Å². The minimum Gasteiger partial charge on any atom is -0.468 e. The summed E-state index contributed by atoms with van der Waals surface area (Å²) in [6, 6.07) is -0.522. The van der Waals surface area contributed by atoms with Gasteiger partial charge in [0.1, 0.15) is 6.04 Å². The summed E-state index contributed by atoms with van der Waals surface area (Å²) < 4.78 is 27.9. The molecule has 0 fully saturated rings. The van der Waals surface area contributed by atoms with E-state index in [0.29, 0.717) is 6.42 Å². The first-order valence-corrected chi connectivity index (χ1v) is 8.30. The molecule has 1 atom stereocenters. The second-order valence-electron chi connectivity index (χ2n) is 5.03. The topological polar surface area (TPSA) is 116 Å². The second kappa shape index (κ2) is 8.91. The van der Waals surface area contributed by atoms with E-state index in [0.717, 1.165) is 0 Å². The van der Waals surface area contributed by atoms with Crippen LogP contribution in [-0.4, -0.2) is 51.5 Å². The number of nitrogens with two attached hydrogens (primary N) is 1. The van der Waals surface area contributed by atoms with Gasteiger partial charge < -0.3 is 15.8 Å². The fourth-order valence-electron chi connectivity index (χ4n) is 1.62. The molecule has 0 aromatic heterocycles. The van der Waals surface area contributed by atoms with Crippen LogP contribution in [0.3, 0.4) is 0 Å². The number of esters is 1. The van der Waals surface area contributed by atoms with Gasteiger partial charge in [0.25, 0.3) is 0 Å². The fraction of sp³-hybridized carbons (Fsp3) is 0.833. The first kappa shape index (κ1) is 18.9. The van der Waals surface area contributed by atoms with Gasteiger partial charge in [-0.25, -0.2) is 8.42 Å². The van der Waals surface area contributed by atoms with Gasteiger partial charge in [0, 0.05) is 13.0 Å². The van der Waals surface area contributed by atoms with Crippen LogP contribution in [0.2, 0.25) is 0 Å². The molecule has 0 rings (SSSR count). The molecule has 20 heavy (non-hydrogen) atoms. The summed E-state index contributed by atoms with van der Waals surface area (Å²) in [5.74, 6) is -1.19. The van der Waals surface area contributed by atoms with Crippen molar-refractivity contribution in [2.45, 2.75) is 32.7 Å². The number of hydrogen-bond acceptors (Lipinski definition) is 6. The Morgan fingerprint density at radius 2 is 1.85 bits per heavy atom. The molecule has 0 saturated heterocycles. The van der Waals surface area contributed by atoms with E-state index in [1.165, 1.54) is 7.11 Å². The van der Waals surface area contributed by atoms with Crippen molar-refractivity contribution in [1.29, 1.82) is 0 Å². The second-order valence-corrected chi connectivity index (χ2v) is 7.33. The van der Waals surface area contributed by atoms with Gasteiger partial charge in [-0.2, -0.15) is 0 Å². The standard InChI is InChI=1S/C12H24N2O5S/c1-9(2)8-10(12(16)19-3)14-5-7-20(17,18)6-4-11(13)15/h9-10,14H,4-8H2,1-3H3,(H2,13,15). The number of carbonyl (C=O) groups excluding carboxylic acids is 2. The van der Waals surface area contributed by atoms with Crippen molar-refractivity contribution in [2.75, 3.05) is 25.2 Å². The molecule has 1 amide bonds. The first-order valence-electron chi connectivity index (χ1n) is 6.48. The Kier molecular flexibility index (Phi) is 8.40. The van der Waals surface area contributed by atoms with Gasteiger partial charge in [-0.1, -0.05) is 13.8 Å². The van der Waals surface area contributed by atoms with E-state index in [1.807, 2.05) is 13.8 Å². The summed E-state index contributed by atoms with van der Waals surface area (Å²) in [5.41, 5.74) is 4.91. The summed E-state index contributed by atoms with van der Waals surface area (Å²) in [5, 5.41) is 2.88. The molecule has 8 heteroatoms. The molecule has 0 heterocycles. The molecule has 0 aliphatic heterocycles. The monoisotopic (exact) mass is 308 g/mol. The Labute approximate surface area is 120 Å². The van der Waals surface area contributed by atoms with Gasteiger partial charge in [0.05, 0.1) is 18.6 Å². The predicted molar refractivity (Wildman–Crippen MR) is 75.7 cm³/mol. The van der Waals surface area contributed by atoms with Crippen molar-refractivity contribution in [3.63, 3.8) is 0 Å². The quantitative estimate of drug-likeness (QED) is 0.523. The Morgan fingerprint density at radius 1 is 1.25 bits per heavy atom. The Balaban J connectivity index is 4.28. The van der Waals surface area contributed by atoms with Gasteiger partial charge in [-0.3, -0.25) is 9.59 Å². The number of carbonyl (C=O) groups is 2. The molecule has 0 aromatic rings. The highest BCUT2D eigenvalue weighted by atomic mass is 32.2. The lowest BCUT2D eigenvalue weighted by Crippen LogP contribution is -2.41. The minimum atomic E-state index is -3.35. The van der Waals surface area contributed by atoms with Gasteiger partial charge in [0.2, 0.25) is 5.91 Å². The highest BCUT2D eigenvalue weighted by Crippen LogP contribution is 2.06. The van der Waals surface area contributed by atoms with E-state index in [2.05, 4.69) is 10.1 Å². The first-order chi connectivity index (χ1) is 9.18. The zero-order chi connectivity index (χ0) is 15.8. The largest absolute Gasteiger partial charge is 0.468 e. The van der Waals surface area contributed by atoms with Gasteiger partial charge in [-0.05, 0) is 12.3 Å². The Bertz CT molecular complexity index is 420. The third-order valence-electron chi connectivity index (χ3n) is 2.66. The Morgan fingerprint density at radius 3 is 2.30 bits per heavy atom. The number of amides is 1. The molecule has 1 unspecified atom stereocenters. The third-order valence-corrected chi connectivity index (χ3v) is 4.31. The number of primary amides is 1. The lowest BCUT2D eigenvalue weighted by molar-refractivity contribution is -0.143. The number of ether oxygens (including phenoxy) is 1. The smallest absolute Gasteiger partial charge is 0.322 e. The van der Waals surface area contributed by atoms with Gasteiger partial charge >= 0.3 is 5.97 Å². The number of methoxy groups -OCH3 is 1. The summed E-state index contributed by atoms with van der Waals surface area (Å²) in [7, 11) is -2.06. The molecular weight excluding hydrogens is 284 g/mol. The molecule has 0 aliphatic rings. The highest BCUT2D eigenvalue weighted by molar-refractivity contribution is 7.91. The number of sulfone groups is 1. The van der Waals surface area contributed by atoms with E-state index >= 15 is 0 Å². The van der Waals surface area contributed by atoms with Crippen LogP contribution in [0.1, 0.15) is 26.7 Å². The van der Waals surface area contributed by atoms with E-state index in [9.17, 15) is 18.0 Å². The summed E-state index contributed by atoms with van der Waals surface area (Å²) in [6.07, 6.45) is 0.378. The zero-order valence-corrected chi connectivity index (χ0v) is 13.0. The van der Waals surface area contributed by atoms with Crippen LogP contribution >= 0.6 is 0 Å². The number of nitrogens with one attached hydrogen (secondary N) is 1. The fourth-order valence-corrected chi connectivity index (χ4v) is 2.77. The zero-order valence-electron chi connectivity index (χ0n) is 12.2. The van der Waals surface area contributed by atoms with E-state index in [4.69, 9.17) is 5.73 Å². The van der Waals surface area contributed by atoms with Crippen molar-refractivity contribution in [3.8, 4) is 0 Å². The molecule has 0 spiro atoms. The molecule has 0 aliphatic carbocycles. The van der Waals surface area contributed by atoms with Crippen LogP contribution < -0.4 is 11.1 Å². The van der Waals surface area contributed by atoms with Crippen LogP contribution in [0.4, 0.5) is 0 Å². The SMILES string of the molecule is COC(=O)C(CC(C)C)NCCS(=O)(=O)CCC(N)=O. The van der Waals surface area contributed by atoms with E-state index < -0.39 is 27.8 Å². The van der Waals surface area contributed by atoms with Gasteiger partial charge in [-0.15, -0.1) is 0 Å². The maximum Gasteiger partial charge on any atom is 0.322 e. The van der Waals surface area contributed by atoms with Crippen LogP contribution in [-0.2, 0) is 24.2 Å². The molecule has 0 aromatic carbocycles. The average Bonchev–Trinajstić information content (AvgIpc) is 2.33. The molecule has 0 radical (unpaired) electrons. The third kappa shape index (κ3) is 8.87. The van der Waals surface area contributed by atoms with Crippen molar-refractivity contribution in [3.05, 3.63) is 0 Å². The van der Waals surface area contributed by atoms with Crippen LogP contribution in [0, 0.1) is 5.92 Å².